The fourth-order valence-corrected chi connectivity index (χ4v) is 1.77. The molecule has 0 aromatic rings. The van der Waals surface area contributed by atoms with Gasteiger partial charge in [-0.2, -0.15) is 0 Å². The van der Waals surface area contributed by atoms with Crippen LogP contribution < -0.4 is 5.32 Å². The van der Waals surface area contributed by atoms with Gasteiger partial charge in [0.1, 0.15) is 6.10 Å². The molecule has 1 aliphatic carbocycles. The summed E-state index contributed by atoms with van der Waals surface area (Å²) in [5, 5.41) is 31.5. The molecule has 0 aliphatic heterocycles. The SMILES string of the molecule is CC(C)(C)NC(=O)OC1/C=C/C(O)CC(O)C(O)C1. The van der Waals surface area contributed by atoms with Crippen LogP contribution in [0, 0.1) is 0 Å². The second kappa shape index (κ2) is 6.36. The molecular formula is C13H23NO5. The molecule has 4 atom stereocenters. The van der Waals surface area contributed by atoms with Gasteiger partial charge in [0.15, 0.2) is 0 Å². The monoisotopic (exact) mass is 273 g/mol. The van der Waals surface area contributed by atoms with E-state index in [4.69, 9.17) is 4.74 Å². The van der Waals surface area contributed by atoms with Crippen molar-refractivity contribution in [3.05, 3.63) is 12.2 Å². The van der Waals surface area contributed by atoms with E-state index in [1.165, 1.54) is 12.2 Å². The van der Waals surface area contributed by atoms with Crippen LogP contribution in [0.5, 0.6) is 0 Å². The lowest BCUT2D eigenvalue weighted by Gasteiger charge is -2.27. The van der Waals surface area contributed by atoms with Crippen LogP contribution in [0.4, 0.5) is 4.79 Å². The fourth-order valence-electron chi connectivity index (χ4n) is 1.77. The summed E-state index contributed by atoms with van der Waals surface area (Å²) < 4.78 is 5.15. The van der Waals surface area contributed by atoms with Crippen LogP contribution in [-0.2, 0) is 4.74 Å². The highest BCUT2D eigenvalue weighted by Gasteiger charge is 2.27. The van der Waals surface area contributed by atoms with Gasteiger partial charge in [-0.3, -0.25) is 0 Å². The lowest BCUT2D eigenvalue weighted by Crippen LogP contribution is -2.43. The van der Waals surface area contributed by atoms with Crippen molar-refractivity contribution >= 4 is 6.09 Å². The van der Waals surface area contributed by atoms with Gasteiger partial charge in [-0.05, 0) is 26.8 Å². The lowest BCUT2D eigenvalue weighted by atomic mass is 9.97. The molecule has 0 spiro atoms. The van der Waals surface area contributed by atoms with Crippen molar-refractivity contribution in [3.8, 4) is 0 Å². The number of carbonyl (C=O) groups is 1. The molecule has 0 saturated carbocycles. The number of nitrogens with one attached hydrogen (secondary N) is 1. The van der Waals surface area contributed by atoms with Gasteiger partial charge in [0, 0.05) is 18.4 Å². The van der Waals surface area contributed by atoms with E-state index in [2.05, 4.69) is 5.32 Å². The van der Waals surface area contributed by atoms with Crippen molar-refractivity contribution in [2.45, 2.75) is 63.6 Å². The maximum absolute atomic E-state index is 11.6. The number of aliphatic hydroxyl groups is 3. The summed E-state index contributed by atoms with van der Waals surface area (Å²) in [6.07, 6.45) is -1.04. The Morgan fingerprint density at radius 1 is 1.16 bits per heavy atom. The summed E-state index contributed by atoms with van der Waals surface area (Å²) in [7, 11) is 0. The van der Waals surface area contributed by atoms with Crippen LogP contribution in [0.1, 0.15) is 33.6 Å². The van der Waals surface area contributed by atoms with Crippen molar-refractivity contribution in [2.24, 2.45) is 0 Å². The molecule has 6 nitrogen and oxygen atoms in total. The third-order valence-electron chi connectivity index (χ3n) is 2.68. The van der Waals surface area contributed by atoms with E-state index in [9.17, 15) is 20.1 Å². The van der Waals surface area contributed by atoms with Gasteiger partial charge in [-0.25, -0.2) is 4.79 Å². The standard InChI is InChI=1S/C13H23NO5/c1-13(2,3)14-12(18)19-9-5-4-8(15)6-10(16)11(17)7-9/h4-5,8-11,15-17H,6-7H2,1-3H3,(H,14,18)/b5-4+. The number of rotatable bonds is 1. The third-order valence-corrected chi connectivity index (χ3v) is 2.68. The first kappa shape index (κ1) is 15.9. The fraction of sp³-hybridized carbons (Fsp3) is 0.769. The molecule has 0 radical (unpaired) electrons. The highest BCUT2D eigenvalue weighted by atomic mass is 16.6. The summed E-state index contributed by atoms with van der Waals surface area (Å²) in [6.45, 7) is 5.47. The lowest BCUT2D eigenvalue weighted by molar-refractivity contribution is -0.0289. The van der Waals surface area contributed by atoms with Gasteiger partial charge in [0.2, 0.25) is 0 Å². The second-order valence-corrected chi connectivity index (χ2v) is 5.88. The van der Waals surface area contributed by atoms with Gasteiger partial charge >= 0.3 is 6.09 Å². The van der Waals surface area contributed by atoms with Gasteiger partial charge in [-0.1, -0.05) is 6.08 Å². The molecule has 0 aromatic carbocycles. The molecule has 0 bridgehead atoms. The number of amides is 1. The number of carbonyl (C=O) groups excluding carboxylic acids is 1. The van der Waals surface area contributed by atoms with Crippen LogP contribution in [0.15, 0.2) is 12.2 Å². The Morgan fingerprint density at radius 3 is 2.32 bits per heavy atom. The highest BCUT2D eigenvalue weighted by molar-refractivity contribution is 5.68. The average molecular weight is 273 g/mol. The minimum absolute atomic E-state index is 0.0680. The normalized spacial score (nSPS) is 34.0. The van der Waals surface area contributed by atoms with E-state index < -0.39 is 36.0 Å². The van der Waals surface area contributed by atoms with Gasteiger partial charge in [0.05, 0.1) is 18.3 Å². The average Bonchev–Trinajstić information content (AvgIpc) is 2.21. The summed E-state index contributed by atoms with van der Waals surface area (Å²) in [5.74, 6) is 0. The topological polar surface area (TPSA) is 99.0 Å². The van der Waals surface area contributed by atoms with Gasteiger partial charge < -0.3 is 25.4 Å². The molecule has 19 heavy (non-hydrogen) atoms. The predicted molar refractivity (Wildman–Crippen MR) is 69.6 cm³/mol. The van der Waals surface area contributed by atoms with Crippen LogP contribution in [0.2, 0.25) is 0 Å². The first-order valence-electron chi connectivity index (χ1n) is 6.38. The van der Waals surface area contributed by atoms with E-state index >= 15 is 0 Å². The summed E-state index contributed by atoms with van der Waals surface area (Å²) in [5.41, 5.74) is -0.417. The number of hydrogen-bond acceptors (Lipinski definition) is 5. The number of hydrogen-bond donors (Lipinski definition) is 4. The molecule has 110 valence electrons. The van der Waals surface area contributed by atoms with Crippen molar-refractivity contribution in [1.29, 1.82) is 0 Å². The van der Waals surface area contributed by atoms with Crippen molar-refractivity contribution in [3.63, 3.8) is 0 Å². The van der Waals surface area contributed by atoms with E-state index in [0.29, 0.717) is 0 Å². The second-order valence-electron chi connectivity index (χ2n) is 5.88. The van der Waals surface area contributed by atoms with Crippen molar-refractivity contribution < 1.29 is 24.9 Å². The molecule has 4 unspecified atom stereocenters. The predicted octanol–water partition coefficient (Wildman–Crippen LogP) is 0.312. The smallest absolute Gasteiger partial charge is 0.408 e. The Bertz CT molecular complexity index is 336. The molecule has 0 fully saturated rings. The minimum Gasteiger partial charge on any atom is -0.442 e. The maximum Gasteiger partial charge on any atom is 0.408 e. The molecule has 0 saturated heterocycles. The summed E-state index contributed by atoms with van der Waals surface area (Å²) >= 11 is 0. The van der Waals surface area contributed by atoms with E-state index in [1.807, 2.05) is 20.8 Å². The number of aliphatic hydroxyl groups excluding tert-OH is 3. The minimum atomic E-state index is -1.04. The first-order chi connectivity index (χ1) is 8.67. The molecule has 4 N–H and O–H groups in total. The Kier molecular flexibility index (Phi) is 5.34. The molecule has 0 aromatic heterocycles. The van der Waals surface area contributed by atoms with Crippen molar-refractivity contribution in [1.82, 2.24) is 5.32 Å². The largest absolute Gasteiger partial charge is 0.442 e. The van der Waals surface area contributed by atoms with E-state index in [-0.39, 0.29) is 12.8 Å². The van der Waals surface area contributed by atoms with E-state index in [1.54, 1.807) is 0 Å². The van der Waals surface area contributed by atoms with E-state index in [0.717, 1.165) is 0 Å². The zero-order valence-corrected chi connectivity index (χ0v) is 11.5. The van der Waals surface area contributed by atoms with Crippen LogP contribution in [0.25, 0.3) is 0 Å². The van der Waals surface area contributed by atoms with Crippen molar-refractivity contribution in [2.75, 3.05) is 0 Å². The maximum atomic E-state index is 11.6. The van der Waals surface area contributed by atoms with Gasteiger partial charge in [0.25, 0.3) is 0 Å². The molecule has 6 heteroatoms. The molecule has 0 heterocycles. The number of alkyl carbamates (subject to hydrolysis) is 1. The Morgan fingerprint density at radius 2 is 1.74 bits per heavy atom. The third kappa shape index (κ3) is 6.04. The number of ether oxygens (including phenoxy) is 1. The van der Waals surface area contributed by atoms with Gasteiger partial charge in [-0.15, -0.1) is 0 Å². The molecular weight excluding hydrogens is 250 g/mol. The zero-order chi connectivity index (χ0) is 14.6. The first-order valence-corrected chi connectivity index (χ1v) is 6.38. The quantitative estimate of drug-likeness (QED) is 0.515. The Labute approximate surface area is 113 Å². The Hall–Kier alpha value is -1.11. The van der Waals surface area contributed by atoms with Crippen LogP contribution in [0.3, 0.4) is 0 Å². The Balaban J connectivity index is 2.63. The molecule has 1 aliphatic rings. The summed E-state index contributed by atoms with van der Waals surface area (Å²) in [4.78, 5) is 11.6. The highest BCUT2D eigenvalue weighted by Crippen LogP contribution is 2.16. The molecule has 1 rings (SSSR count). The summed E-state index contributed by atoms with van der Waals surface area (Å²) in [6, 6.07) is 0. The molecule has 1 amide bonds. The van der Waals surface area contributed by atoms with Crippen LogP contribution in [-0.4, -0.2) is 51.4 Å². The van der Waals surface area contributed by atoms with Crippen LogP contribution >= 0.6 is 0 Å². The zero-order valence-electron chi connectivity index (χ0n) is 11.5.